The molecule has 0 aliphatic heterocycles. The molecule has 0 atom stereocenters. The number of hydrogen-bond acceptors (Lipinski definition) is 3. The van der Waals surface area contributed by atoms with E-state index in [9.17, 15) is 4.79 Å². The van der Waals surface area contributed by atoms with Gasteiger partial charge in [-0.25, -0.2) is 0 Å². The maximum atomic E-state index is 12.0. The van der Waals surface area contributed by atoms with Crippen LogP contribution in [0.4, 0.5) is 11.4 Å². The third-order valence-corrected chi connectivity index (χ3v) is 4.76. The quantitative estimate of drug-likeness (QED) is 0.645. The van der Waals surface area contributed by atoms with Gasteiger partial charge in [-0.1, -0.05) is 18.2 Å². The minimum atomic E-state index is -0.0422. The van der Waals surface area contributed by atoms with Crippen molar-refractivity contribution in [1.82, 2.24) is 0 Å². The Labute approximate surface area is 131 Å². The first-order chi connectivity index (χ1) is 9.56. The fourth-order valence-corrected chi connectivity index (χ4v) is 3.03. The van der Waals surface area contributed by atoms with E-state index in [0.29, 0.717) is 11.4 Å². The minimum Gasteiger partial charge on any atom is -0.399 e. The molecule has 2 aromatic rings. The van der Waals surface area contributed by atoms with Crippen LogP contribution in [0.15, 0.2) is 51.8 Å². The largest absolute Gasteiger partial charge is 0.399 e. The number of thioether (sulfide) groups is 1. The van der Waals surface area contributed by atoms with Crippen molar-refractivity contribution in [2.45, 2.75) is 11.8 Å². The van der Waals surface area contributed by atoms with E-state index in [-0.39, 0.29) is 5.91 Å². The van der Waals surface area contributed by atoms with Gasteiger partial charge in [-0.15, -0.1) is 11.8 Å². The van der Waals surface area contributed by atoms with Gasteiger partial charge in [0.15, 0.2) is 0 Å². The number of carbonyl (C=O) groups excluding carboxylic acids is 1. The van der Waals surface area contributed by atoms with Gasteiger partial charge in [-0.05, 0) is 52.7 Å². The Morgan fingerprint density at radius 2 is 2.05 bits per heavy atom. The number of rotatable bonds is 4. The minimum absolute atomic E-state index is 0.0422. The van der Waals surface area contributed by atoms with E-state index in [4.69, 9.17) is 5.73 Å². The second-order valence-corrected chi connectivity index (χ2v) is 6.21. The van der Waals surface area contributed by atoms with Crippen LogP contribution in [0.3, 0.4) is 0 Å². The molecule has 0 aliphatic rings. The molecule has 20 heavy (non-hydrogen) atoms. The van der Waals surface area contributed by atoms with Crippen LogP contribution < -0.4 is 11.1 Å². The van der Waals surface area contributed by atoms with E-state index in [0.717, 1.165) is 20.6 Å². The van der Waals surface area contributed by atoms with Gasteiger partial charge in [-0.2, -0.15) is 0 Å². The summed E-state index contributed by atoms with van der Waals surface area (Å²) >= 11 is 4.96. The van der Waals surface area contributed by atoms with Crippen LogP contribution in [0.2, 0.25) is 0 Å². The van der Waals surface area contributed by atoms with Crippen molar-refractivity contribution in [2.24, 2.45) is 0 Å². The van der Waals surface area contributed by atoms with E-state index in [1.807, 2.05) is 43.3 Å². The molecule has 0 saturated heterocycles. The monoisotopic (exact) mass is 350 g/mol. The van der Waals surface area contributed by atoms with Crippen molar-refractivity contribution in [3.63, 3.8) is 0 Å². The smallest absolute Gasteiger partial charge is 0.234 e. The Morgan fingerprint density at radius 1 is 1.30 bits per heavy atom. The third-order valence-electron chi connectivity index (χ3n) is 2.73. The molecule has 3 N–H and O–H groups in total. The van der Waals surface area contributed by atoms with Crippen molar-refractivity contribution in [2.75, 3.05) is 16.8 Å². The molecule has 5 heteroatoms. The lowest BCUT2D eigenvalue weighted by Gasteiger charge is -2.09. The van der Waals surface area contributed by atoms with Gasteiger partial charge >= 0.3 is 0 Å². The zero-order chi connectivity index (χ0) is 14.5. The molecule has 0 heterocycles. The summed E-state index contributed by atoms with van der Waals surface area (Å²) in [4.78, 5) is 13.0. The van der Waals surface area contributed by atoms with E-state index in [2.05, 4.69) is 21.2 Å². The Balaban J connectivity index is 1.96. The van der Waals surface area contributed by atoms with Crippen LogP contribution in [-0.4, -0.2) is 11.7 Å². The van der Waals surface area contributed by atoms with Crippen molar-refractivity contribution in [1.29, 1.82) is 0 Å². The number of nitrogen functional groups attached to an aromatic ring is 1. The highest BCUT2D eigenvalue weighted by Crippen LogP contribution is 2.27. The summed E-state index contributed by atoms with van der Waals surface area (Å²) < 4.78 is 0.998. The first-order valence-corrected chi connectivity index (χ1v) is 7.87. The Hall–Kier alpha value is -1.46. The first kappa shape index (κ1) is 14.9. The van der Waals surface area contributed by atoms with E-state index < -0.39 is 0 Å². The maximum absolute atomic E-state index is 12.0. The zero-order valence-corrected chi connectivity index (χ0v) is 13.4. The molecule has 0 bridgehead atoms. The number of anilines is 2. The summed E-state index contributed by atoms with van der Waals surface area (Å²) in [7, 11) is 0. The van der Waals surface area contributed by atoms with E-state index >= 15 is 0 Å². The Kier molecular flexibility index (Phi) is 5.09. The fraction of sp³-hybridized carbons (Fsp3) is 0.133. The molecule has 0 saturated carbocycles. The second kappa shape index (κ2) is 6.81. The molecule has 0 radical (unpaired) electrons. The fourth-order valence-electron chi connectivity index (χ4n) is 1.67. The van der Waals surface area contributed by atoms with Gasteiger partial charge in [-0.3, -0.25) is 4.79 Å². The molecular weight excluding hydrogens is 336 g/mol. The summed E-state index contributed by atoms with van der Waals surface area (Å²) in [5, 5.41) is 2.89. The van der Waals surface area contributed by atoms with Gasteiger partial charge in [0.05, 0.1) is 5.75 Å². The molecule has 0 aliphatic carbocycles. The number of halogens is 1. The van der Waals surface area contributed by atoms with E-state index in [1.165, 1.54) is 11.8 Å². The number of amides is 1. The highest BCUT2D eigenvalue weighted by molar-refractivity contribution is 9.10. The lowest BCUT2D eigenvalue weighted by atomic mass is 10.2. The van der Waals surface area contributed by atoms with Gasteiger partial charge in [0, 0.05) is 20.7 Å². The molecule has 0 aromatic heterocycles. The summed E-state index contributed by atoms with van der Waals surface area (Å²) in [6.45, 7) is 1.94. The van der Waals surface area contributed by atoms with Crippen LogP contribution >= 0.6 is 27.7 Å². The van der Waals surface area contributed by atoms with Gasteiger partial charge in [0.1, 0.15) is 0 Å². The number of nitrogens with one attached hydrogen (secondary N) is 1. The van der Waals surface area contributed by atoms with Gasteiger partial charge in [0.2, 0.25) is 5.91 Å². The summed E-state index contributed by atoms with van der Waals surface area (Å²) in [6.07, 6.45) is 0. The first-order valence-electron chi connectivity index (χ1n) is 6.09. The lowest BCUT2D eigenvalue weighted by molar-refractivity contribution is -0.113. The van der Waals surface area contributed by atoms with Crippen LogP contribution in [0.5, 0.6) is 0 Å². The van der Waals surface area contributed by atoms with Crippen LogP contribution in [0.1, 0.15) is 5.56 Å². The number of benzene rings is 2. The molecule has 104 valence electrons. The second-order valence-electron chi connectivity index (χ2n) is 4.34. The highest BCUT2D eigenvalue weighted by Gasteiger charge is 2.07. The highest BCUT2D eigenvalue weighted by atomic mass is 79.9. The topological polar surface area (TPSA) is 55.1 Å². The third kappa shape index (κ3) is 4.02. The lowest BCUT2D eigenvalue weighted by Crippen LogP contribution is -2.15. The normalized spacial score (nSPS) is 10.3. The predicted octanol–water partition coefficient (Wildman–Crippen LogP) is 4.07. The molecule has 2 rings (SSSR count). The number of hydrogen-bond donors (Lipinski definition) is 2. The maximum Gasteiger partial charge on any atom is 0.234 e. The number of nitrogens with two attached hydrogens (primary N) is 1. The summed E-state index contributed by atoms with van der Waals surface area (Å²) in [6, 6.07) is 13.3. The zero-order valence-electron chi connectivity index (χ0n) is 11.0. The molecule has 0 fully saturated rings. The Bertz CT molecular complexity index is 631. The molecular formula is C15H15BrN2OS. The summed E-state index contributed by atoms with van der Waals surface area (Å²) in [5.74, 6) is 0.316. The number of carbonyl (C=O) groups is 1. The van der Waals surface area contributed by atoms with Crippen LogP contribution in [0, 0.1) is 6.92 Å². The summed E-state index contributed by atoms with van der Waals surface area (Å²) in [5.41, 5.74) is 8.13. The van der Waals surface area contributed by atoms with Crippen molar-refractivity contribution in [3.05, 3.63) is 52.5 Å². The van der Waals surface area contributed by atoms with Gasteiger partial charge in [0.25, 0.3) is 0 Å². The average Bonchev–Trinajstić information content (AvgIpc) is 2.42. The molecule has 0 spiro atoms. The van der Waals surface area contributed by atoms with E-state index in [1.54, 1.807) is 6.07 Å². The SMILES string of the molecule is Cc1ccc(N)cc1NC(=O)CSc1ccccc1Br. The van der Waals surface area contributed by atoms with Crippen molar-refractivity contribution in [3.8, 4) is 0 Å². The van der Waals surface area contributed by atoms with Crippen molar-refractivity contribution >= 4 is 45.0 Å². The average molecular weight is 351 g/mol. The Morgan fingerprint density at radius 3 is 2.80 bits per heavy atom. The predicted molar refractivity (Wildman–Crippen MR) is 89.1 cm³/mol. The molecule has 0 unspecified atom stereocenters. The van der Waals surface area contributed by atoms with Gasteiger partial charge < -0.3 is 11.1 Å². The number of aryl methyl sites for hydroxylation is 1. The molecule has 1 amide bonds. The molecule has 3 nitrogen and oxygen atoms in total. The molecule has 2 aromatic carbocycles. The van der Waals surface area contributed by atoms with Crippen LogP contribution in [-0.2, 0) is 4.79 Å². The van der Waals surface area contributed by atoms with Crippen molar-refractivity contribution < 1.29 is 4.79 Å². The standard InChI is InChI=1S/C15H15BrN2OS/c1-10-6-7-11(17)8-13(10)18-15(19)9-20-14-5-3-2-4-12(14)16/h2-8H,9,17H2,1H3,(H,18,19). The van der Waals surface area contributed by atoms with Crippen LogP contribution in [0.25, 0.3) is 0 Å².